The van der Waals surface area contributed by atoms with Crippen molar-refractivity contribution in [3.05, 3.63) is 6.33 Å². The minimum Gasteiger partial charge on any atom is -0.393 e. The smallest absolute Gasteiger partial charge is 0.244 e. The quantitative estimate of drug-likeness (QED) is 0.856. The van der Waals surface area contributed by atoms with Gasteiger partial charge in [-0.1, -0.05) is 13.8 Å². The Morgan fingerprint density at radius 2 is 2.17 bits per heavy atom. The van der Waals surface area contributed by atoms with Gasteiger partial charge in [0.2, 0.25) is 5.91 Å². The van der Waals surface area contributed by atoms with Crippen molar-refractivity contribution >= 4 is 5.91 Å². The summed E-state index contributed by atoms with van der Waals surface area (Å²) in [5.41, 5.74) is -0.280. The van der Waals surface area contributed by atoms with Crippen LogP contribution >= 0.6 is 0 Å². The maximum Gasteiger partial charge on any atom is 0.244 e. The number of piperidine rings is 1. The molecule has 0 unspecified atom stereocenters. The molecule has 1 aromatic heterocycles. The van der Waals surface area contributed by atoms with E-state index in [2.05, 4.69) is 29.4 Å². The number of hydrogen-bond donors (Lipinski definition) is 1. The molecule has 3 rings (SSSR count). The Bertz CT molecular complexity index is 525. The van der Waals surface area contributed by atoms with Crippen LogP contribution in [0, 0.1) is 5.92 Å². The first-order chi connectivity index (χ1) is 11.0. The number of aliphatic hydroxyl groups is 1. The van der Waals surface area contributed by atoms with Gasteiger partial charge < -0.3 is 14.7 Å². The fourth-order valence-corrected chi connectivity index (χ4v) is 3.58. The van der Waals surface area contributed by atoms with Crippen LogP contribution in [-0.4, -0.2) is 67.0 Å². The molecule has 2 aliphatic heterocycles. The summed E-state index contributed by atoms with van der Waals surface area (Å²) in [7, 11) is 0. The number of rotatable bonds is 3. The second-order valence-electron chi connectivity index (χ2n) is 7.07. The maximum atomic E-state index is 12.3. The lowest BCUT2D eigenvalue weighted by Crippen LogP contribution is -2.54. The first kappa shape index (κ1) is 16.3. The minimum absolute atomic E-state index is 0.0175. The molecule has 8 heteroatoms. The fourth-order valence-electron chi connectivity index (χ4n) is 3.58. The largest absolute Gasteiger partial charge is 0.393 e. The van der Waals surface area contributed by atoms with Crippen molar-refractivity contribution < 1.29 is 14.6 Å². The van der Waals surface area contributed by atoms with Crippen LogP contribution in [0.2, 0.25) is 0 Å². The number of hydrogen-bond acceptors (Lipinski definition) is 6. The number of aliphatic hydroxyl groups excluding tert-OH is 1. The molecule has 0 bridgehead atoms. The van der Waals surface area contributed by atoms with Gasteiger partial charge in [0.1, 0.15) is 12.9 Å². The molecule has 2 atom stereocenters. The Hall–Kier alpha value is -1.54. The van der Waals surface area contributed by atoms with Crippen molar-refractivity contribution in [3.8, 4) is 0 Å². The van der Waals surface area contributed by atoms with Gasteiger partial charge >= 0.3 is 0 Å². The van der Waals surface area contributed by atoms with E-state index in [0.29, 0.717) is 31.8 Å². The molecule has 2 fully saturated rings. The average Bonchev–Trinajstić information content (AvgIpc) is 3.00. The zero-order valence-electron chi connectivity index (χ0n) is 13.8. The molecule has 0 radical (unpaired) electrons. The summed E-state index contributed by atoms with van der Waals surface area (Å²) in [6.45, 7) is 5.72. The number of likely N-dealkylation sites (tertiary alicyclic amines) is 1. The molecule has 1 N–H and O–H groups in total. The van der Waals surface area contributed by atoms with E-state index in [9.17, 15) is 9.90 Å². The van der Waals surface area contributed by atoms with Gasteiger partial charge in [-0.3, -0.25) is 4.79 Å². The van der Waals surface area contributed by atoms with Gasteiger partial charge in [-0.15, -0.1) is 5.10 Å². The SMILES string of the molecule is CC(C)[C@H]1C[C@@H](O)CC2(CCN(C(=O)Cn3cnnn3)CC2)O1. The van der Waals surface area contributed by atoms with E-state index >= 15 is 0 Å². The highest BCUT2D eigenvalue weighted by Crippen LogP contribution is 2.39. The van der Waals surface area contributed by atoms with Crippen LogP contribution in [0.15, 0.2) is 6.33 Å². The van der Waals surface area contributed by atoms with E-state index < -0.39 is 0 Å². The van der Waals surface area contributed by atoms with Crippen molar-refractivity contribution in [1.29, 1.82) is 0 Å². The van der Waals surface area contributed by atoms with E-state index in [1.54, 1.807) is 0 Å². The Labute approximate surface area is 135 Å². The van der Waals surface area contributed by atoms with Crippen molar-refractivity contribution in [3.63, 3.8) is 0 Å². The van der Waals surface area contributed by atoms with Crippen LogP contribution in [-0.2, 0) is 16.1 Å². The molecule has 1 amide bonds. The summed E-state index contributed by atoms with van der Waals surface area (Å²) in [4.78, 5) is 14.1. The summed E-state index contributed by atoms with van der Waals surface area (Å²) in [6.07, 6.45) is 4.16. The Morgan fingerprint density at radius 3 is 2.78 bits per heavy atom. The van der Waals surface area contributed by atoms with Gasteiger partial charge in [-0.05, 0) is 35.6 Å². The minimum atomic E-state index is -0.306. The molecule has 0 aromatic carbocycles. The van der Waals surface area contributed by atoms with Crippen LogP contribution < -0.4 is 0 Å². The van der Waals surface area contributed by atoms with Crippen molar-refractivity contribution in [1.82, 2.24) is 25.1 Å². The molecule has 128 valence electrons. The second-order valence-corrected chi connectivity index (χ2v) is 7.07. The van der Waals surface area contributed by atoms with Crippen molar-refractivity contribution in [2.75, 3.05) is 13.1 Å². The first-order valence-corrected chi connectivity index (χ1v) is 8.32. The highest BCUT2D eigenvalue weighted by Gasteiger charge is 2.44. The van der Waals surface area contributed by atoms with Crippen LogP contribution in [0.4, 0.5) is 0 Å². The summed E-state index contributed by atoms with van der Waals surface area (Å²) in [5, 5.41) is 21.0. The van der Waals surface area contributed by atoms with Gasteiger partial charge in [0.05, 0.1) is 17.8 Å². The summed E-state index contributed by atoms with van der Waals surface area (Å²) >= 11 is 0. The molecule has 2 saturated heterocycles. The Kier molecular flexibility index (Phi) is 4.63. The lowest BCUT2D eigenvalue weighted by atomic mass is 9.80. The highest BCUT2D eigenvalue weighted by atomic mass is 16.5. The molecule has 8 nitrogen and oxygen atoms in total. The van der Waals surface area contributed by atoms with Gasteiger partial charge in [0.25, 0.3) is 0 Å². The van der Waals surface area contributed by atoms with Crippen LogP contribution in [0.1, 0.15) is 39.5 Å². The molecular formula is C15H25N5O3. The van der Waals surface area contributed by atoms with Gasteiger partial charge in [-0.25, -0.2) is 4.68 Å². The number of carbonyl (C=O) groups excluding carboxylic acids is 1. The van der Waals surface area contributed by atoms with E-state index in [0.717, 1.165) is 12.8 Å². The predicted molar refractivity (Wildman–Crippen MR) is 81.3 cm³/mol. The summed E-state index contributed by atoms with van der Waals surface area (Å²) in [6, 6.07) is 0. The Morgan fingerprint density at radius 1 is 1.43 bits per heavy atom. The number of nitrogens with zero attached hydrogens (tertiary/aromatic N) is 5. The number of carbonyl (C=O) groups is 1. The third-order valence-electron chi connectivity index (χ3n) is 4.97. The Balaban J connectivity index is 1.57. The number of ether oxygens (including phenoxy) is 1. The topological polar surface area (TPSA) is 93.4 Å². The molecular weight excluding hydrogens is 298 g/mol. The standard InChI is InChI=1S/C15H25N5O3/c1-11(2)13-7-12(21)8-15(23-13)3-5-19(6-4-15)14(22)9-20-10-16-17-18-20/h10-13,21H,3-9H2,1-2H3/t12-,13-/m1/s1. The molecule has 0 aliphatic carbocycles. The van der Waals surface area contributed by atoms with Crippen molar-refractivity contribution in [2.45, 2.75) is 63.9 Å². The molecule has 23 heavy (non-hydrogen) atoms. The van der Waals surface area contributed by atoms with Crippen LogP contribution in [0.25, 0.3) is 0 Å². The van der Waals surface area contributed by atoms with Gasteiger partial charge in [-0.2, -0.15) is 0 Å². The first-order valence-electron chi connectivity index (χ1n) is 8.32. The number of aromatic nitrogens is 4. The summed E-state index contributed by atoms with van der Waals surface area (Å²) in [5.74, 6) is 0.408. The fraction of sp³-hybridized carbons (Fsp3) is 0.867. The highest BCUT2D eigenvalue weighted by molar-refractivity contribution is 5.76. The molecule has 2 aliphatic rings. The lowest BCUT2D eigenvalue weighted by molar-refractivity contribution is -0.193. The van der Waals surface area contributed by atoms with E-state index in [4.69, 9.17) is 4.74 Å². The molecule has 0 saturated carbocycles. The van der Waals surface area contributed by atoms with Gasteiger partial charge in [0.15, 0.2) is 0 Å². The number of amides is 1. The summed E-state index contributed by atoms with van der Waals surface area (Å²) < 4.78 is 7.78. The molecule has 1 spiro atoms. The van der Waals surface area contributed by atoms with E-state index in [-0.39, 0.29) is 30.3 Å². The van der Waals surface area contributed by atoms with E-state index in [1.807, 2.05) is 4.90 Å². The van der Waals surface area contributed by atoms with Gasteiger partial charge in [0, 0.05) is 19.5 Å². The zero-order valence-corrected chi connectivity index (χ0v) is 13.8. The maximum absolute atomic E-state index is 12.3. The average molecular weight is 323 g/mol. The number of tetrazole rings is 1. The third kappa shape index (κ3) is 3.69. The van der Waals surface area contributed by atoms with Crippen molar-refractivity contribution in [2.24, 2.45) is 5.92 Å². The van der Waals surface area contributed by atoms with Crippen LogP contribution in [0.3, 0.4) is 0 Å². The van der Waals surface area contributed by atoms with Crippen LogP contribution in [0.5, 0.6) is 0 Å². The normalized spacial score (nSPS) is 27.6. The molecule has 3 heterocycles. The second kappa shape index (κ2) is 6.52. The third-order valence-corrected chi connectivity index (χ3v) is 4.97. The monoisotopic (exact) mass is 323 g/mol. The van der Waals surface area contributed by atoms with E-state index in [1.165, 1.54) is 11.0 Å². The molecule has 1 aromatic rings. The predicted octanol–water partition coefficient (Wildman–Crippen LogP) is 0.230. The zero-order chi connectivity index (χ0) is 16.4. The lowest BCUT2D eigenvalue weighted by Gasteiger charge is -2.48.